The molecule has 7 nitrogen and oxygen atoms in total. The van der Waals surface area contributed by atoms with Crippen LogP contribution in [-0.2, 0) is 0 Å². The van der Waals surface area contributed by atoms with Crippen molar-refractivity contribution in [1.82, 2.24) is 24.3 Å². The number of hydrogen-bond acceptors (Lipinski definition) is 5. The van der Waals surface area contributed by atoms with Crippen LogP contribution < -0.4 is 10.5 Å². The minimum Gasteiger partial charge on any atom is -0.371 e. The Hall–Kier alpha value is -3.48. The van der Waals surface area contributed by atoms with Crippen molar-refractivity contribution in [2.45, 2.75) is 27.2 Å². The lowest BCUT2D eigenvalue weighted by molar-refractivity contribution is 0.617. The molecule has 1 aromatic carbocycles. The topological polar surface area (TPSA) is 68.8 Å². The summed E-state index contributed by atoms with van der Waals surface area (Å²) in [5, 5.41) is 5.84. The molecular formula is C22H22N6O. The maximum absolute atomic E-state index is 13.3. The Kier molecular flexibility index (Phi) is 3.97. The van der Waals surface area contributed by atoms with Gasteiger partial charge in [-0.05, 0) is 51.0 Å². The first kappa shape index (κ1) is 17.6. The Balaban J connectivity index is 1.69. The second kappa shape index (κ2) is 6.55. The number of rotatable bonds is 3. The molecule has 1 aliphatic rings. The van der Waals surface area contributed by atoms with E-state index in [2.05, 4.69) is 48.8 Å². The van der Waals surface area contributed by atoms with E-state index < -0.39 is 0 Å². The predicted octanol–water partition coefficient (Wildman–Crippen LogP) is 3.10. The number of aryl methyl sites for hydroxylation is 3. The van der Waals surface area contributed by atoms with Crippen molar-refractivity contribution in [2.24, 2.45) is 0 Å². The van der Waals surface area contributed by atoms with E-state index in [4.69, 9.17) is 0 Å². The van der Waals surface area contributed by atoms with Crippen molar-refractivity contribution < 1.29 is 0 Å². The quantitative estimate of drug-likeness (QED) is 0.541. The van der Waals surface area contributed by atoms with Crippen LogP contribution in [0.1, 0.15) is 23.4 Å². The molecule has 1 aliphatic heterocycles. The van der Waals surface area contributed by atoms with Crippen LogP contribution in [0.2, 0.25) is 0 Å². The van der Waals surface area contributed by atoms with Crippen LogP contribution in [-0.4, -0.2) is 37.4 Å². The molecule has 29 heavy (non-hydrogen) atoms. The summed E-state index contributed by atoms with van der Waals surface area (Å²) in [6.07, 6.45) is 6.34. The molecule has 1 saturated heterocycles. The second-order valence-corrected chi connectivity index (χ2v) is 7.58. The number of benzene rings is 1. The molecule has 0 bridgehead atoms. The van der Waals surface area contributed by atoms with Gasteiger partial charge in [-0.15, -0.1) is 0 Å². The lowest BCUT2D eigenvalue weighted by atomic mass is 10.1. The van der Waals surface area contributed by atoms with E-state index in [9.17, 15) is 4.79 Å². The fourth-order valence-corrected chi connectivity index (χ4v) is 3.99. The zero-order valence-electron chi connectivity index (χ0n) is 16.8. The molecule has 146 valence electrons. The van der Waals surface area contributed by atoms with Gasteiger partial charge in [-0.2, -0.15) is 9.78 Å². The summed E-state index contributed by atoms with van der Waals surface area (Å²) in [4.78, 5) is 24.1. The van der Waals surface area contributed by atoms with E-state index in [1.165, 1.54) is 16.8 Å². The van der Waals surface area contributed by atoms with Gasteiger partial charge in [0, 0.05) is 53.6 Å². The fourth-order valence-electron chi connectivity index (χ4n) is 3.99. The van der Waals surface area contributed by atoms with Crippen LogP contribution in [0.4, 0.5) is 5.69 Å². The van der Waals surface area contributed by atoms with Gasteiger partial charge in [0.15, 0.2) is 0 Å². The summed E-state index contributed by atoms with van der Waals surface area (Å²) in [5.41, 5.74) is 4.89. The highest BCUT2D eigenvalue weighted by molar-refractivity contribution is 5.88. The first-order valence-corrected chi connectivity index (χ1v) is 9.79. The summed E-state index contributed by atoms with van der Waals surface area (Å²) in [5.74, 6) is 0.284. The van der Waals surface area contributed by atoms with Gasteiger partial charge in [0.25, 0.3) is 11.5 Å². The van der Waals surface area contributed by atoms with Crippen molar-refractivity contribution in [3.63, 3.8) is 0 Å². The van der Waals surface area contributed by atoms with Crippen molar-refractivity contribution >= 4 is 16.5 Å². The second-order valence-electron chi connectivity index (χ2n) is 7.58. The fraction of sp³-hybridized carbons (Fsp3) is 0.273. The Labute approximate surface area is 168 Å². The third-order valence-electron chi connectivity index (χ3n) is 5.67. The number of nitrogens with zero attached hydrogens (tertiary/aromatic N) is 6. The molecule has 0 amide bonds. The van der Waals surface area contributed by atoms with Gasteiger partial charge in [-0.3, -0.25) is 4.79 Å². The normalized spacial score (nSPS) is 13.7. The Morgan fingerprint density at radius 3 is 2.34 bits per heavy atom. The van der Waals surface area contributed by atoms with Crippen LogP contribution >= 0.6 is 0 Å². The highest BCUT2D eigenvalue weighted by Crippen LogP contribution is 2.29. The third kappa shape index (κ3) is 2.73. The first-order chi connectivity index (χ1) is 14.0. The van der Waals surface area contributed by atoms with Gasteiger partial charge < -0.3 is 9.47 Å². The minimum absolute atomic E-state index is 0.204. The Morgan fingerprint density at radius 1 is 0.931 bits per heavy atom. The van der Waals surface area contributed by atoms with E-state index >= 15 is 0 Å². The summed E-state index contributed by atoms with van der Waals surface area (Å²) < 4.78 is 3.41. The number of fused-ring (bicyclic) bond motifs is 1. The summed E-state index contributed by atoms with van der Waals surface area (Å²) in [7, 11) is 0. The standard InChI is InChI=1S/C22H22N6O/c1-14-11-23-22(24-12-14)28-21(29)20-16(3)27(15(2)19(20)13-25-28)18-7-4-6-17(10-18)26-8-5-9-26/h4,6-7,10-13H,5,8-9H2,1-3H3. The molecule has 5 rings (SSSR count). The summed E-state index contributed by atoms with van der Waals surface area (Å²) >= 11 is 0. The lowest BCUT2D eigenvalue weighted by Gasteiger charge is -2.33. The molecule has 0 N–H and O–H groups in total. The average molecular weight is 386 g/mol. The van der Waals surface area contributed by atoms with E-state index in [-0.39, 0.29) is 11.5 Å². The largest absolute Gasteiger partial charge is 0.371 e. The van der Waals surface area contributed by atoms with Gasteiger partial charge in [0.05, 0.1) is 11.6 Å². The van der Waals surface area contributed by atoms with Crippen LogP contribution in [0.3, 0.4) is 0 Å². The van der Waals surface area contributed by atoms with E-state index in [0.29, 0.717) is 5.39 Å². The van der Waals surface area contributed by atoms with Gasteiger partial charge in [-0.25, -0.2) is 9.97 Å². The molecule has 1 fully saturated rings. The van der Waals surface area contributed by atoms with Crippen molar-refractivity contribution in [3.05, 3.63) is 70.2 Å². The molecule has 0 unspecified atom stereocenters. The monoisotopic (exact) mass is 386 g/mol. The summed E-state index contributed by atoms with van der Waals surface area (Å²) in [6, 6.07) is 8.48. The molecule has 7 heteroatoms. The van der Waals surface area contributed by atoms with Gasteiger partial charge >= 0.3 is 0 Å². The Bertz CT molecular complexity index is 1280. The molecule has 0 aliphatic carbocycles. The van der Waals surface area contributed by atoms with Crippen LogP contribution in [0, 0.1) is 20.8 Å². The molecule has 0 spiro atoms. The van der Waals surface area contributed by atoms with Crippen LogP contribution in [0.5, 0.6) is 0 Å². The molecule has 4 heterocycles. The van der Waals surface area contributed by atoms with Crippen LogP contribution in [0.15, 0.2) is 47.7 Å². The van der Waals surface area contributed by atoms with Gasteiger partial charge in [0.1, 0.15) is 0 Å². The van der Waals surface area contributed by atoms with E-state index in [1.807, 2.05) is 20.8 Å². The smallest absolute Gasteiger partial charge is 0.283 e. The minimum atomic E-state index is -0.204. The average Bonchev–Trinajstić information content (AvgIpc) is 2.93. The SMILES string of the molecule is Cc1cnc(-n2ncc3c(C)n(-c4cccc(N5CCC5)c4)c(C)c3c2=O)nc1. The number of aromatic nitrogens is 5. The van der Waals surface area contributed by atoms with Crippen LogP contribution in [0.25, 0.3) is 22.4 Å². The van der Waals surface area contributed by atoms with E-state index in [1.54, 1.807) is 18.6 Å². The van der Waals surface area contributed by atoms with Crippen molar-refractivity contribution in [2.75, 3.05) is 18.0 Å². The number of anilines is 1. The van der Waals surface area contributed by atoms with Gasteiger partial charge in [-0.1, -0.05) is 6.07 Å². The molecule has 0 saturated carbocycles. The molecule has 4 aromatic rings. The molecule has 0 radical (unpaired) electrons. The van der Waals surface area contributed by atoms with Crippen molar-refractivity contribution in [1.29, 1.82) is 0 Å². The first-order valence-electron chi connectivity index (χ1n) is 9.79. The number of hydrogen-bond donors (Lipinski definition) is 0. The maximum atomic E-state index is 13.3. The highest BCUT2D eigenvalue weighted by atomic mass is 16.1. The third-order valence-corrected chi connectivity index (χ3v) is 5.67. The predicted molar refractivity (Wildman–Crippen MR) is 113 cm³/mol. The molecule has 0 atom stereocenters. The molecule has 3 aromatic heterocycles. The zero-order valence-corrected chi connectivity index (χ0v) is 16.8. The lowest BCUT2D eigenvalue weighted by Crippen LogP contribution is -2.36. The molecular weight excluding hydrogens is 364 g/mol. The van der Waals surface area contributed by atoms with E-state index in [0.717, 1.165) is 41.1 Å². The maximum Gasteiger partial charge on any atom is 0.283 e. The van der Waals surface area contributed by atoms with Crippen molar-refractivity contribution in [3.8, 4) is 11.6 Å². The zero-order chi connectivity index (χ0) is 20.1. The van der Waals surface area contributed by atoms with Gasteiger partial charge in [0.2, 0.25) is 0 Å². The summed E-state index contributed by atoms with van der Waals surface area (Å²) in [6.45, 7) is 8.11. The highest BCUT2D eigenvalue weighted by Gasteiger charge is 2.20. The Morgan fingerprint density at radius 2 is 1.66 bits per heavy atom.